The van der Waals surface area contributed by atoms with E-state index in [0.29, 0.717) is 6.04 Å². The van der Waals surface area contributed by atoms with Crippen LogP contribution in [0.1, 0.15) is 35.9 Å². The molecule has 0 spiro atoms. The Bertz CT molecular complexity index is 609. The van der Waals surface area contributed by atoms with E-state index in [1.54, 1.807) is 11.1 Å². The van der Waals surface area contributed by atoms with Crippen LogP contribution in [-0.2, 0) is 0 Å². The lowest BCUT2D eigenvalue weighted by molar-refractivity contribution is 0.313. The summed E-state index contributed by atoms with van der Waals surface area (Å²) in [7, 11) is 4.55. The predicted molar refractivity (Wildman–Crippen MR) is 105 cm³/mol. The van der Waals surface area contributed by atoms with E-state index in [1.807, 2.05) is 0 Å². The molecule has 4 rings (SSSR count). The van der Waals surface area contributed by atoms with E-state index in [2.05, 4.69) is 59.4 Å². The van der Waals surface area contributed by atoms with Gasteiger partial charge in [0.2, 0.25) is 0 Å². The molecule has 1 aromatic carbocycles. The van der Waals surface area contributed by atoms with E-state index >= 15 is 0 Å². The molecule has 24 heavy (non-hydrogen) atoms. The zero-order valence-corrected chi connectivity index (χ0v) is 16.0. The average molecular weight is 343 g/mol. The molecule has 0 saturated carbocycles. The molecule has 0 radical (unpaired) electrons. The van der Waals surface area contributed by atoms with Crippen molar-refractivity contribution < 1.29 is 0 Å². The molecule has 1 aliphatic carbocycles. The molecule has 2 unspecified atom stereocenters. The molecule has 130 valence electrons. The maximum Gasteiger partial charge on any atom is 0.0391 e. The van der Waals surface area contributed by atoms with Crippen molar-refractivity contribution in [1.29, 1.82) is 0 Å². The zero-order chi connectivity index (χ0) is 16.7. The molecule has 3 nitrogen and oxygen atoms in total. The molecule has 2 heterocycles. The smallest absolute Gasteiger partial charge is 0.0391 e. The molecule has 2 saturated heterocycles. The summed E-state index contributed by atoms with van der Waals surface area (Å²) in [4.78, 5) is 5.00. The Morgan fingerprint density at radius 3 is 2.71 bits per heavy atom. The summed E-state index contributed by atoms with van der Waals surface area (Å²) in [6.45, 7) is 8.65. The van der Waals surface area contributed by atoms with E-state index in [1.165, 1.54) is 43.9 Å². The van der Waals surface area contributed by atoms with Gasteiger partial charge in [0.15, 0.2) is 0 Å². The zero-order valence-electron chi connectivity index (χ0n) is 15.1. The summed E-state index contributed by atoms with van der Waals surface area (Å²) in [5.41, 5.74) is 4.70. The van der Waals surface area contributed by atoms with Gasteiger partial charge in [-0.1, -0.05) is 12.1 Å². The van der Waals surface area contributed by atoms with Gasteiger partial charge in [0.25, 0.3) is 0 Å². The minimum Gasteiger partial charge on any atom is -0.369 e. The third kappa shape index (κ3) is 2.92. The Kier molecular flexibility index (Phi) is 4.68. The predicted octanol–water partition coefficient (Wildman–Crippen LogP) is 3.89. The second-order valence-corrected chi connectivity index (χ2v) is 10.1. The number of rotatable bonds is 3. The van der Waals surface area contributed by atoms with Crippen LogP contribution in [-0.4, -0.2) is 62.2 Å². The van der Waals surface area contributed by atoms with Gasteiger partial charge in [-0.25, -0.2) is 0 Å². The fourth-order valence-corrected chi connectivity index (χ4v) is 6.94. The van der Waals surface area contributed by atoms with Crippen molar-refractivity contribution in [2.45, 2.75) is 24.8 Å². The largest absolute Gasteiger partial charge is 0.369 e. The van der Waals surface area contributed by atoms with E-state index < -0.39 is 0 Å². The molecule has 3 atom stereocenters. The Morgan fingerprint density at radius 1 is 1.17 bits per heavy atom. The highest BCUT2D eigenvalue weighted by molar-refractivity contribution is 7.55. The lowest BCUT2D eigenvalue weighted by atomic mass is 9.98. The number of benzene rings is 1. The first-order valence-corrected chi connectivity index (χ1v) is 11.0. The molecule has 0 N–H and O–H groups in total. The third-order valence-electron chi connectivity index (χ3n) is 6.22. The van der Waals surface area contributed by atoms with Gasteiger partial charge in [-0.2, -0.15) is 0 Å². The van der Waals surface area contributed by atoms with Crippen LogP contribution in [0.4, 0.5) is 5.69 Å². The highest BCUT2D eigenvalue weighted by Gasteiger charge is 2.38. The molecular weight excluding hydrogens is 313 g/mol. The molecular formula is C20H30N3P. The lowest BCUT2D eigenvalue weighted by Gasteiger charge is -2.36. The Morgan fingerprint density at radius 2 is 1.96 bits per heavy atom. The second kappa shape index (κ2) is 6.78. The first kappa shape index (κ1) is 16.6. The van der Waals surface area contributed by atoms with Crippen LogP contribution >= 0.6 is 8.07 Å². The van der Waals surface area contributed by atoms with Crippen LogP contribution in [0.15, 0.2) is 30.9 Å². The minimum absolute atomic E-state index is 0.0339. The number of hydrogen-bond acceptors (Lipinski definition) is 3. The maximum atomic E-state index is 3.99. The molecule has 3 aliphatic rings. The fourth-order valence-electron chi connectivity index (χ4n) is 4.66. The van der Waals surface area contributed by atoms with Gasteiger partial charge in [0.1, 0.15) is 0 Å². The standard InChI is InChI=1S/C20H30N3P/c1-4-12-24-13-7-16-14-20(22(24)3)19-15-17(5-6-18(16)19)23-10-8-21(2)9-11-23/h4-6,15-16,20H,1,7-14H2,2-3H3/t16?,20-,24?/m1/s1. The molecule has 2 bridgehead atoms. The van der Waals surface area contributed by atoms with Crippen LogP contribution in [0.25, 0.3) is 0 Å². The quantitative estimate of drug-likeness (QED) is 0.609. The topological polar surface area (TPSA) is 9.72 Å². The van der Waals surface area contributed by atoms with Crippen LogP contribution < -0.4 is 4.90 Å². The molecule has 4 heteroatoms. The number of piperazine rings is 1. The molecule has 2 aliphatic heterocycles. The molecule has 0 aromatic heterocycles. The number of hydrogen-bond donors (Lipinski definition) is 0. The average Bonchev–Trinajstić information content (AvgIpc) is 2.88. The van der Waals surface area contributed by atoms with Gasteiger partial charge >= 0.3 is 0 Å². The third-order valence-corrected chi connectivity index (χ3v) is 8.84. The Labute approximate surface area is 148 Å². The second-order valence-electron chi connectivity index (χ2n) is 7.62. The normalized spacial score (nSPS) is 30.9. The van der Waals surface area contributed by atoms with E-state index in [4.69, 9.17) is 0 Å². The van der Waals surface area contributed by atoms with Gasteiger partial charge < -0.3 is 9.80 Å². The lowest BCUT2D eigenvalue weighted by Crippen LogP contribution is -2.44. The van der Waals surface area contributed by atoms with Crippen molar-refractivity contribution in [2.24, 2.45) is 0 Å². The maximum absolute atomic E-state index is 3.99. The van der Waals surface area contributed by atoms with Gasteiger partial charge in [0.05, 0.1) is 0 Å². The summed E-state index contributed by atoms with van der Waals surface area (Å²) in [6.07, 6.45) is 7.37. The van der Waals surface area contributed by atoms with Crippen LogP contribution in [0, 0.1) is 0 Å². The number of nitrogens with zero attached hydrogens (tertiary/aromatic N) is 3. The fraction of sp³-hybridized carbons (Fsp3) is 0.600. The SMILES string of the molecule is C=CCP1CCC2C[C@H](c3cc(N4CCN(C)CC4)ccc32)N1C. The van der Waals surface area contributed by atoms with Gasteiger partial charge in [-0.15, -0.1) is 6.58 Å². The first-order chi connectivity index (χ1) is 11.7. The van der Waals surface area contributed by atoms with Crippen LogP contribution in [0.2, 0.25) is 0 Å². The van der Waals surface area contributed by atoms with Gasteiger partial charge in [-0.3, -0.25) is 4.67 Å². The van der Waals surface area contributed by atoms with Crippen LogP contribution in [0.3, 0.4) is 0 Å². The van der Waals surface area contributed by atoms with E-state index in [-0.39, 0.29) is 8.07 Å². The van der Waals surface area contributed by atoms with Crippen molar-refractivity contribution in [3.05, 3.63) is 42.0 Å². The highest BCUT2D eigenvalue weighted by atomic mass is 31.1. The van der Waals surface area contributed by atoms with Crippen LogP contribution in [0.5, 0.6) is 0 Å². The Balaban J connectivity index is 1.61. The molecule has 1 aromatic rings. The minimum atomic E-state index is -0.0339. The van der Waals surface area contributed by atoms with Gasteiger partial charge in [0, 0.05) is 37.9 Å². The molecule has 0 amide bonds. The van der Waals surface area contributed by atoms with Gasteiger partial charge in [-0.05, 0) is 76.5 Å². The summed E-state index contributed by atoms with van der Waals surface area (Å²) in [5.74, 6) is 0.784. The summed E-state index contributed by atoms with van der Waals surface area (Å²) >= 11 is 0. The molecule has 2 fully saturated rings. The number of fused-ring (bicyclic) bond motifs is 5. The number of allylic oxidation sites excluding steroid dienone is 1. The van der Waals surface area contributed by atoms with Crippen molar-refractivity contribution >= 4 is 13.8 Å². The van der Waals surface area contributed by atoms with E-state index in [9.17, 15) is 0 Å². The van der Waals surface area contributed by atoms with Crippen molar-refractivity contribution in [2.75, 3.05) is 57.5 Å². The van der Waals surface area contributed by atoms with Crippen molar-refractivity contribution in [1.82, 2.24) is 9.57 Å². The highest BCUT2D eigenvalue weighted by Crippen LogP contribution is 2.57. The first-order valence-electron chi connectivity index (χ1n) is 9.33. The van der Waals surface area contributed by atoms with E-state index in [0.717, 1.165) is 19.0 Å². The number of anilines is 1. The summed E-state index contributed by atoms with van der Waals surface area (Å²) in [6, 6.07) is 7.98. The summed E-state index contributed by atoms with van der Waals surface area (Å²) < 4.78 is 2.70. The Hall–Kier alpha value is -0.890. The monoisotopic (exact) mass is 343 g/mol. The number of likely N-dealkylation sites (N-methyl/N-ethyl adjacent to an activating group) is 1. The van der Waals surface area contributed by atoms with Crippen molar-refractivity contribution in [3.8, 4) is 0 Å². The summed E-state index contributed by atoms with van der Waals surface area (Å²) in [5, 5.41) is 0. The van der Waals surface area contributed by atoms with Crippen molar-refractivity contribution in [3.63, 3.8) is 0 Å².